The Morgan fingerprint density at radius 3 is 2.56 bits per heavy atom. The number of nitrogens with zero attached hydrogens (tertiary/aromatic N) is 1. The fraction of sp³-hybridized carbons (Fsp3) is 0.143. The topological polar surface area (TPSA) is 77.2 Å². The fourth-order valence-corrected chi connectivity index (χ4v) is 2.52. The van der Waals surface area contributed by atoms with Crippen molar-refractivity contribution in [1.29, 1.82) is 0 Å². The van der Waals surface area contributed by atoms with Gasteiger partial charge in [-0.2, -0.15) is 0 Å². The Bertz CT molecular complexity index is 731. The average molecular weight is 241 g/mol. The SMILES string of the molecule is Nc1ccc2c3ccccc3n(CCO)c2c1N. The first-order valence-electron chi connectivity index (χ1n) is 5.90. The summed E-state index contributed by atoms with van der Waals surface area (Å²) in [7, 11) is 0. The second-order valence-corrected chi connectivity index (χ2v) is 4.36. The van der Waals surface area contributed by atoms with Gasteiger partial charge in [-0.15, -0.1) is 0 Å². The molecule has 0 radical (unpaired) electrons. The van der Waals surface area contributed by atoms with Gasteiger partial charge in [-0.1, -0.05) is 24.3 Å². The molecule has 4 heteroatoms. The molecular formula is C14H15N3O. The van der Waals surface area contributed by atoms with Crippen LogP contribution in [0.5, 0.6) is 0 Å². The van der Waals surface area contributed by atoms with Gasteiger partial charge in [-0.3, -0.25) is 0 Å². The van der Waals surface area contributed by atoms with Gasteiger partial charge < -0.3 is 21.1 Å². The van der Waals surface area contributed by atoms with E-state index in [1.165, 1.54) is 0 Å². The fourth-order valence-electron chi connectivity index (χ4n) is 2.52. The van der Waals surface area contributed by atoms with Crippen molar-refractivity contribution >= 4 is 33.2 Å². The molecule has 3 aromatic rings. The third-order valence-electron chi connectivity index (χ3n) is 3.33. The zero-order valence-corrected chi connectivity index (χ0v) is 9.93. The Hall–Kier alpha value is -2.20. The predicted molar refractivity (Wildman–Crippen MR) is 75.4 cm³/mol. The largest absolute Gasteiger partial charge is 0.397 e. The maximum absolute atomic E-state index is 9.22. The summed E-state index contributed by atoms with van der Waals surface area (Å²) in [6.45, 7) is 0.583. The third-order valence-corrected chi connectivity index (χ3v) is 3.33. The molecule has 0 saturated carbocycles. The van der Waals surface area contributed by atoms with Crippen LogP contribution in [0.2, 0.25) is 0 Å². The van der Waals surface area contributed by atoms with Crippen LogP contribution in [0.3, 0.4) is 0 Å². The molecule has 0 fully saturated rings. The molecule has 18 heavy (non-hydrogen) atoms. The summed E-state index contributed by atoms with van der Waals surface area (Å²) < 4.78 is 2.02. The van der Waals surface area contributed by atoms with Gasteiger partial charge in [0.25, 0.3) is 0 Å². The summed E-state index contributed by atoms with van der Waals surface area (Å²) in [4.78, 5) is 0. The number of aliphatic hydroxyl groups excluding tert-OH is 1. The molecule has 0 bridgehead atoms. The van der Waals surface area contributed by atoms with Crippen LogP contribution in [0.4, 0.5) is 11.4 Å². The van der Waals surface area contributed by atoms with Crippen LogP contribution in [0.15, 0.2) is 36.4 Å². The zero-order chi connectivity index (χ0) is 12.7. The Balaban J connectivity index is 2.54. The maximum atomic E-state index is 9.22. The predicted octanol–water partition coefficient (Wildman–Crippen LogP) is 1.95. The van der Waals surface area contributed by atoms with E-state index in [9.17, 15) is 5.11 Å². The van der Waals surface area contributed by atoms with Gasteiger partial charge in [0.15, 0.2) is 0 Å². The average Bonchev–Trinajstić information content (AvgIpc) is 2.70. The number of anilines is 2. The van der Waals surface area contributed by atoms with E-state index >= 15 is 0 Å². The van der Waals surface area contributed by atoms with Crippen LogP contribution < -0.4 is 11.5 Å². The van der Waals surface area contributed by atoms with Gasteiger partial charge in [0.2, 0.25) is 0 Å². The number of para-hydroxylation sites is 1. The zero-order valence-electron chi connectivity index (χ0n) is 9.93. The van der Waals surface area contributed by atoms with E-state index in [1.807, 2.05) is 34.9 Å². The van der Waals surface area contributed by atoms with Crippen LogP contribution in [0, 0.1) is 0 Å². The lowest BCUT2D eigenvalue weighted by Crippen LogP contribution is -2.04. The lowest BCUT2D eigenvalue weighted by molar-refractivity contribution is 0.280. The number of benzene rings is 2. The summed E-state index contributed by atoms with van der Waals surface area (Å²) in [5.74, 6) is 0. The van der Waals surface area contributed by atoms with Crippen LogP contribution in [0.1, 0.15) is 0 Å². The quantitative estimate of drug-likeness (QED) is 0.600. The van der Waals surface area contributed by atoms with Crippen LogP contribution in [-0.4, -0.2) is 16.3 Å². The smallest absolute Gasteiger partial charge is 0.0795 e. The second-order valence-electron chi connectivity index (χ2n) is 4.36. The minimum Gasteiger partial charge on any atom is -0.397 e. The van der Waals surface area contributed by atoms with Gasteiger partial charge in [0, 0.05) is 22.8 Å². The molecule has 0 aliphatic carbocycles. The van der Waals surface area contributed by atoms with E-state index in [2.05, 4.69) is 6.07 Å². The highest BCUT2D eigenvalue weighted by Gasteiger charge is 2.13. The molecule has 0 aliphatic rings. The van der Waals surface area contributed by atoms with Crippen LogP contribution in [-0.2, 0) is 6.54 Å². The number of hydrogen-bond donors (Lipinski definition) is 3. The first kappa shape index (κ1) is 10.9. The van der Waals surface area contributed by atoms with Crippen molar-refractivity contribution in [3.05, 3.63) is 36.4 Å². The first-order chi connectivity index (χ1) is 8.74. The molecule has 92 valence electrons. The summed E-state index contributed by atoms with van der Waals surface area (Å²) in [6.07, 6.45) is 0. The van der Waals surface area contributed by atoms with Gasteiger partial charge in [0.05, 0.1) is 23.5 Å². The van der Waals surface area contributed by atoms with Crippen molar-refractivity contribution in [2.24, 2.45) is 0 Å². The molecule has 5 N–H and O–H groups in total. The standard InChI is InChI=1S/C14H15N3O/c15-11-6-5-10-9-3-1-2-4-12(9)17(7-8-18)14(10)13(11)16/h1-6,18H,7-8,15-16H2. The molecule has 3 rings (SSSR count). The van der Waals surface area contributed by atoms with Crippen molar-refractivity contribution in [3.63, 3.8) is 0 Å². The monoisotopic (exact) mass is 241 g/mol. The van der Waals surface area contributed by atoms with Crippen molar-refractivity contribution in [2.75, 3.05) is 18.1 Å². The molecule has 4 nitrogen and oxygen atoms in total. The van der Waals surface area contributed by atoms with Crippen LogP contribution in [0.25, 0.3) is 21.8 Å². The molecule has 0 amide bonds. The number of nitrogens with two attached hydrogens (primary N) is 2. The molecule has 0 atom stereocenters. The van der Waals surface area contributed by atoms with E-state index in [4.69, 9.17) is 11.5 Å². The van der Waals surface area contributed by atoms with Gasteiger partial charge >= 0.3 is 0 Å². The van der Waals surface area contributed by atoms with Crippen molar-refractivity contribution in [1.82, 2.24) is 4.57 Å². The molecule has 0 spiro atoms. The minimum absolute atomic E-state index is 0.0714. The highest BCUT2D eigenvalue weighted by atomic mass is 16.3. The number of aliphatic hydroxyl groups is 1. The molecular weight excluding hydrogens is 226 g/mol. The van der Waals surface area contributed by atoms with Gasteiger partial charge in [-0.05, 0) is 12.1 Å². The van der Waals surface area contributed by atoms with Crippen LogP contribution >= 0.6 is 0 Å². The maximum Gasteiger partial charge on any atom is 0.0795 e. The number of nitrogen functional groups attached to an aromatic ring is 2. The Morgan fingerprint density at radius 2 is 1.78 bits per heavy atom. The van der Waals surface area contributed by atoms with E-state index in [-0.39, 0.29) is 6.61 Å². The normalized spacial score (nSPS) is 11.4. The van der Waals surface area contributed by atoms with Gasteiger partial charge in [0.1, 0.15) is 0 Å². The molecule has 0 unspecified atom stereocenters. The van der Waals surface area contributed by atoms with Crippen molar-refractivity contribution < 1.29 is 5.11 Å². The van der Waals surface area contributed by atoms with Crippen molar-refractivity contribution in [2.45, 2.75) is 6.54 Å². The second kappa shape index (κ2) is 3.92. The molecule has 0 aliphatic heterocycles. The summed E-state index contributed by atoms with van der Waals surface area (Å²) in [5, 5.41) is 11.4. The minimum atomic E-state index is 0.0714. The molecule has 2 aromatic carbocycles. The number of hydrogen-bond acceptors (Lipinski definition) is 3. The van der Waals surface area contributed by atoms with E-state index < -0.39 is 0 Å². The molecule has 0 saturated heterocycles. The first-order valence-corrected chi connectivity index (χ1v) is 5.90. The highest BCUT2D eigenvalue weighted by Crippen LogP contribution is 2.34. The molecule has 1 heterocycles. The summed E-state index contributed by atoms with van der Waals surface area (Å²) >= 11 is 0. The summed E-state index contributed by atoms with van der Waals surface area (Å²) in [6, 6.07) is 11.9. The lowest BCUT2D eigenvalue weighted by atomic mass is 10.1. The van der Waals surface area contributed by atoms with E-state index in [0.717, 1.165) is 21.8 Å². The Labute approximate surface area is 104 Å². The molecule has 1 aromatic heterocycles. The lowest BCUT2D eigenvalue weighted by Gasteiger charge is -2.08. The number of rotatable bonds is 2. The van der Waals surface area contributed by atoms with E-state index in [1.54, 1.807) is 0 Å². The summed E-state index contributed by atoms with van der Waals surface area (Å²) in [5.41, 5.74) is 15.1. The Kier molecular flexibility index (Phi) is 2.38. The number of fused-ring (bicyclic) bond motifs is 3. The van der Waals surface area contributed by atoms with E-state index in [0.29, 0.717) is 17.9 Å². The number of aromatic nitrogens is 1. The third kappa shape index (κ3) is 1.36. The van der Waals surface area contributed by atoms with Crippen molar-refractivity contribution in [3.8, 4) is 0 Å². The Morgan fingerprint density at radius 1 is 1.00 bits per heavy atom. The van der Waals surface area contributed by atoms with Gasteiger partial charge in [-0.25, -0.2) is 0 Å². The highest BCUT2D eigenvalue weighted by molar-refractivity contribution is 6.13.